The number of benzene rings is 3. The van der Waals surface area contributed by atoms with Crippen LogP contribution in [-0.4, -0.2) is 58.2 Å². The van der Waals surface area contributed by atoms with Gasteiger partial charge in [0.15, 0.2) is 0 Å². The largest absolute Gasteiger partial charge is 0.494 e. The van der Waals surface area contributed by atoms with Crippen molar-refractivity contribution >= 4 is 29.1 Å². The van der Waals surface area contributed by atoms with Crippen LogP contribution < -0.4 is 15.4 Å². The number of nitrogens with one attached hydrogen (secondary N) is 2. The molecule has 3 N–H and O–H groups in total. The Morgan fingerprint density at radius 3 is 2.40 bits per heavy atom. The number of fused-ring (bicyclic) bond motifs is 1. The average Bonchev–Trinajstić information content (AvgIpc) is 3.65. The summed E-state index contributed by atoms with van der Waals surface area (Å²) in [5.74, 6) is -2.11. The fourth-order valence-electron chi connectivity index (χ4n) is 7.81. The molecule has 9 nitrogen and oxygen atoms in total. The van der Waals surface area contributed by atoms with Crippen molar-refractivity contribution in [2.24, 2.45) is 11.8 Å². The van der Waals surface area contributed by atoms with Crippen molar-refractivity contribution in [1.82, 2.24) is 4.90 Å². The molecule has 2 unspecified atom stereocenters. The minimum Gasteiger partial charge on any atom is -0.494 e. The number of aliphatic hydroxyl groups excluding tert-OH is 1. The molecular weight excluding hydrogens is 570 g/mol. The number of carbonyl (C=O) groups is 3. The smallest absolute Gasteiger partial charge is 0.250 e. The van der Waals surface area contributed by atoms with E-state index in [4.69, 9.17) is 9.47 Å². The van der Waals surface area contributed by atoms with Crippen molar-refractivity contribution in [1.29, 1.82) is 0 Å². The van der Waals surface area contributed by atoms with Crippen molar-refractivity contribution in [3.63, 3.8) is 0 Å². The Bertz CT molecular complexity index is 1590. The fraction of sp³-hybridized carbons (Fsp3) is 0.417. The van der Waals surface area contributed by atoms with E-state index in [0.717, 1.165) is 11.1 Å². The Hall–Kier alpha value is -4.21. The summed E-state index contributed by atoms with van der Waals surface area (Å²) in [5, 5.41) is 16.8. The molecule has 3 aromatic rings. The predicted molar refractivity (Wildman–Crippen MR) is 171 cm³/mol. The van der Waals surface area contributed by atoms with Gasteiger partial charge in [-0.25, -0.2) is 0 Å². The third-order valence-corrected chi connectivity index (χ3v) is 9.93. The molecule has 6 rings (SSSR count). The molecule has 3 aliphatic heterocycles. The van der Waals surface area contributed by atoms with Crippen molar-refractivity contribution < 1.29 is 29.0 Å². The highest BCUT2D eigenvalue weighted by Gasteiger charge is 2.79. The van der Waals surface area contributed by atoms with Gasteiger partial charge in [0.05, 0.1) is 36.7 Å². The van der Waals surface area contributed by atoms with Crippen molar-refractivity contribution in [2.45, 2.75) is 70.2 Å². The average molecular weight is 612 g/mol. The van der Waals surface area contributed by atoms with Gasteiger partial charge in [0.25, 0.3) is 0 Å². The van der Waals surface area contributed by atoms with E-state index < -0.39 is 47.6 Å². The first-order chi connectivity index (χ1) is 21.7. The van der Waals surface area contributed by atoms with E-state index in [9.17, 15) is 19.5 Å². The van der Waals surface area contributed by atoms with Gasteiger partial charge in [-0.2, -0.15) is 0 Å². The van der Waals surface area contributed by atoms with Gasteiger partial charge in [0.2, 0.25) is 17.7 Å². The lowest BCUT2D eigenvalue weighted by molar-refractivity contribution is -0.148. The Balaban J connectivity index is 1.41. The van der Waals surface area contributed by atoms with Gasteiger partial charge in [-0.1, -0.05) is 49.4 Å². The molecule has 0 radical (unpaired) electrons. The van der Waals surface area contributed by atoms with Gasteiger partial charge < -0.3 is 30.1 Å². The van der Waals surface area contributed by atoms with Crippen molar-refractivity contribution in [3.05, 3.63) is 89.5 Å². The zero-order valence-electron chi connectivity index (χ0n) is 26.2. The van der Waals surface area contributed by atoms with Gasteiger partial charge in [0, 0.05) is 11.4 Å². The van der Waals surface area contributed by atoms with Crippen LogP contribution >= 0.6 is 0 Å². The van der Waals surface area contributed by atoms with E-state index in [-0.39, 0.29) is 11.8 Å². The van der Waals surface area contributed by atoms with Gasteiger partial charge in [-0.3, -0.25) is 14.4 Å². The molecule has 3 fully saturated rings. The molecule has 3 heterocycles. The number of anilines is 2. The Kier molecular flexibility index (Phi) is 8.18. The van der Waals surface area contributed by atoms with Crippen LogP contribution in [0.5, 0.6) is 5.75 Å². The molecule has 0 aromatic heterocycles. The Morgan fingerprint density at radius 2 is 1.73 bits per heavy atom. The summed E-state index contributed by atoms with van der Waals surface area (Å²) in [6.45, 7) is 7.87. The highest BCUT2D eigenvalue weighted by atomic mass is 16.5. The lowest BCUT2D eigenvalue weighted by Crippen LogP contribution is -2.54. The van der Waals surface area contributed by atoms with Crippen molar-refractivity contribution in [3.8, 4) is 5.75 Å². The summed E-state index contributed by atoms with van der Waals surface area (Å²) in [4.78, 5) is 44.9. The third kappa shape index (κ3) is 5.08. The molecule has 0 aliphatic carbocycles. The van der Waals surface area contributed by atoms with E-state index in [0.29, 0.717) is 48.6 Å². The van der Waals surface area contributed by atoms with Crippen LogP contribution in [0, 0.1) is 25.7 Å². The topological polar surface area (TPSA) is 117 Å². The Labute approximate surface area is 263 Å². The molecule has 2 bridgehead atoms. The first-order valence-electron chi connectivity index (χ1n) is 15.8. The standard InChI is InChI=1S/C36H41N3O6/c1-5-35-18-19-36(45-35)30(29(35)32(41)37-25-14-16-26(17-15-25)44-6-2)34(43)39(28(21-40)24-10-8-7-9-11-24)31(36)33(42)38-27-20-22(3)12-13-23(27)4/h7-17,20,28-31,40H,5-6,18-19,21H2,1-4H3,(H,37,41)(H,38,42)/t28-,29+,30+,31?,35-,36?/m1/s1. The lowest BCUT2D eigenvalue weighted by Gasteiger charge is -2.37. The summed E-state index contributed by atoms with van der Waals surface area (Å²) in [5.41, 5.74) is 1.65. The monoisotopic (exact) mass is 611 g/mol. The number of ether oxygens (including phenoxy) is 2. The zero-order valence-corrected chi connectivity index (χ0v) is 26.2. The second kappa shape index (κ2) is 11.9. The zero-order chi connectivity index (χ0) is 31.9. The van der Waals surface area contributed by atoms with E-state index >= 15 is 0 Å². The number of aliphatic hydroxyl groups is 1. The number of nitrogens with zero attached hydrogens (tertiary/aromatic N) is 1. The quantitative estimate of drug-likeness (QED) is 0.291. The molecule has 3 amide bonds. The first kappa shape index (κ1) is 30.8. The van der Waals surface area contributed by atoms with E-state index in [1.54, 1.807) is 24.3 Å². The number of rotatable bonds is 10. The molecule has 45 heavy (non-hydrogen) atoms. The molecule has 3 saturated heterocycles. The molecule has 3 aromatic carbocycles. The number of hydrogen-bond donors (Lipinski definition) is 3. The minimum atomic E-state index is -1.24. The van der Waals surface area contributed by atoms with Crippen LogP contribution in [0.2, 0.25) is 0 Å². The lowest BCUT2D eigenvalue weighted by atomic mass is 9.65. The fourth-order valence-corrected chi connectivity index (χ4v) is 7.81. The summed E-state index contributed by atoms with van der Waals surface area (Å²) < 4.78 is 12.5. The third-order valence-electron chi connectivity index (χ3n) is 9.93. The molecule has 9 heteroatoms. The molecule has 3 aliphatic rings. The SMILES string of the molecule is CCOc1ccc(NC(=O)[C@@H]2[C@H]3C(=O)N([C@H](CO)c4ccccc4)C(C(=O)Nc4cc(C)ccc4C)C34CC[C@@]2(CC)O4)cc1. The second-order valence-electron chi connectivity index (χ2n) is 12.4. The highest BCUT2D eigenvalue weighted by molar-refractivity contribution is 6.05. The molecular formula is C36H41N3O6. The van der Waals surface area contributed by atoms with Crippen LogP contribution in [0.15, 0.2) is 72.8 Å². The molecule has 0 saturated carbocycles. The summed E-state index contributed by atoms with van der Waals surface area (Å²) >= 11 is 0. The number of amides is 3. The Morgan fingerprint density at radius 1 is 1.00 bits per heavy atom. The van der Waals surface area contributed by atoms with Gasteiger partial charge in [0.1, 0.15) is 17.4 Å². The van der Waals surface area contributed by atoms with E-state index in [1.807, 2.05) is 76.2 Å². The maximum absolute atomic E-state index is 14.7. The highest BCUT2D eigenvalue weighted by Crippen LogP contribution is 2.65. The van der Waals surface area contributed by atoms with Gasteiger partial charge in [-0.05, 0) is 87.1 Å². The number of hydrogen-bond acceptors (Lipinski definition) is 6. The second-order valence-corrected chi connectivity index (χ2v) is 12.4. The van der Waals surface area contributed by atoms with Gasteiger partial charge >= 0.3 is 0 Å². The summed E-state index contributed by atoms with van der Waals surface area (Å²) in [6.07, 6.45) is 1.48. The maximum atomic E-state index is 14.7. The molecule has 1 spiro atoms. The first-order valence-corrected chi connectivity index (χ1v) is 15.8. The van der Waals surface area contributed by atoms with Crippen molar-refractivity contribution in [2.75, 3.05) is 23.8 Å². The molecule has 6 atom stereocenters. The van der Waals surface area contributed by atoms with E-state index in [2.05, 4.69) is 10.6 Å². The summed E-state index contributed by atoms with van der Waals surface area (Å²) in [6, 6.07) is 20.3. The minimum absolute atomic E-state index is 0.322. The normalized spacial score (nSPS) is 27.3. The number of carbonyl (C=O) groups excluding carboxylic acids is 3. The van der Waals surface area contributed by atoms with Crippen LogP contribution in [-0.2, 0) is 19.1 Å². The van der Waals surface area contributed by atoms with Gasteiger partial charge in [-0.15, -0.1) is 0 Å². The molecule has 236 valence electrons. The predicted octanol–water partition coefficient (Wildman–Crippen LogP) is 5.17. The number of aryl methyl sites for hydroxylation is 2. The van der Waals surface area contributed by atoms with Crippen LogP contribution in [0.25, 0.3) is 0 Å². The van der Waals surface area contributed by atoms with Crippen LogP contribution in [0.3, 0.4) is 0 Å². The maximum Gasteiger partial charge on any atom is 0.250 e. The summed E-state index contributed by atoms with van der Waals surface area (Å²) in [7, 11) is 0. The van der Waals surface area contributed by atoms with E-state index in [1.165, 1.54) is 4.90 Å². The number of likely N-dealkylation sites (tertiary alicyclic amines) is 1. The van der Waals surface area contributed by atoms with Crippen LogP contribution in [0.4, 0.5) is 11.4 Å². The van der Waals surface area contributed by atoms with Crippen LogP contribution in [0.1, 0.15) is 55.8 Å².